The van der Waals surface area contributed by atoms with Crippen molar-refractivity contribution >= 4 is 29.2 Å². The van der Waals surface area contributed by atoms with Crippen molar-refractivity contribution < 1.29 is 4.79 Å². The van der Waals surface area contributed by atoms with Crippen LogP contribution in [0.15, 0.2) is 59.6 Å². The summed E-state index contributed by atoms with van der Waals surface area (Å²) >= 11 is 6.04. The Morgan fingerprint density at radius 2 is 1.67 bits per heavy atom. The van der Waals surface area contributed by atoms with Crippen molar-refractivity contribution in [3.05, 3.63) is 65.2 Å². The van der Waals surface area contributed by atoms with Gasteiger partial charge in [0.1, 0.15) is 6.04 Å². The SMILES string of the molecule is CN1CCN(C2=NC(Cc3ccccc3)C(=O)N2c2ccc(Cl)cc2)CC1. The highest BCUT2D eigenvalue weighted by Crippen LogP contribution is 2.26. The van der Waals surface area contributed by atoms with E-state index in [0.717, 1.165) is 43.4 Å². The summed E-state index contributed by atoms with van der Waals surface area (Å²) in [5, 5.41) is 0.657. The number of hydrogen-bond acceptors (Lipinski definition) is 4. The lowest BCUT2D eigenvalue weighted by Crippen LogP contribution is -2.52. The fraction of sp³-hybridized carbons (Fsp3) is 0.333. The van der Waals surface area contributed by atoms with Gasteiger partial charge in [-0.25, -0.2) is 9.89 Å². The first kappa shape index (κ1) is 18.0. The smallest absolute Gasteiger partial charge is 0.259 e. The van der Waals surface area contributed by atoms with E-state index in [1.54, 1.807) is 4.90 Å². The Bertz CT molecular complexity index is 829. The van der Waals surface area contributed by atoms with Gasteiger partial charge in [-0.1, -0.05) is 41.9 Å². The van der Waals surface area contributed by atoms with Crippen LogP contribution < -0.4 is 4.90 Å². The van der Waals surface area contributed by atoms with Gasteiger partial charge in [-0.05, 0) is 36.9 Å². The van der Waals surface area contributed by atoms with Gasteiger partial charge in [-0.15, -0.1) is 0 Å². The monoisotopic (exact) mass is 382 g/mol. The van der Waals surface area contributed by atoms with Crippen LogP contribution in [0.5, 0.6) is 0 Å². The summed E-state index contributed by atoms with van der Waals surface area (Å²) in [6.07, 6.45) is 0.612. The number of halogens is 1. The number of carbonyl (C=O) groups is 1. The maximum Gasteiger partial charge on any atom is 0.259 e. The number of rotatable bonds is 3. The van der Waals surface area contributed by atoms with E-state index in [4.69, 9.17) is 16.6 Å². The fourth-order valence-electron chi connectivity index (χ4n) is 3.53. The van der Waals surface area contributed by atoms with Crippen LogP contribution in [0, 0.1) is 0 Å². The minimum atomic E-state index is -0.391. The van der Waals surface area contributed by atoms with Crippen molar-refractivity contribution in [3.8, 4) is 0 Å². The highest BCUT2D eigenvalue weighted by molar-refractivity contribution is 6.30. The molecule has 0 aliphatic carbocycles. The average Bonchev–Trinajstić information content (AvgIpc) is 3.00. The quantitative estimate of drug-likeness (QED) is 0.819. The minimum absolute atomic E-state index is 0.0232. The molecule has 1 amide bonds. The Labute approximate surface area is 164 Å². The Morgan fingerprint density at radius 1 is 1.00 bits per heavy atom. The van der Waals surface area contributed by atoms with E-state index < -0.39 is 6.04 Å². The lowest BCUT2D eigenvalue weighted by molar-refractivity contribution is -0.118. The number of benzene rings is 2. The maximum absolute atomic E-state index is 13.3. The third-order valence-corrected chi connectivity index (χ3v) is 5.37. The van der Waals surface area contributed by atoms with Gasteiger partial charge < -0.3 is 9.80 Å². The molecule has 4 rings (SSSR count). The van der Waals surface area contributed by atoms with Crippen molar-refractivity contribution in [3.63, 3.8) is 0 Å². The largest absolute Gasteiger partial charge is 0.340 e. The summed E-state index contributed by atoms with van der Waals surface area (Å²) in [5.74, 6) is 0.784. The van der Waals surface area contributed by atoms with Gasteiger partial charge in [-0.2, -0.15) is 0 Å². The zero-order valence-electron chi connectivity index (χ0n) is 15.4. The van der Waals surface area contributed by atoms with Crippen molar-refractivity contribution in [1.29, 1.82) is 0 Å². The average molecular weight is 383 g/mol. The molecule has 1 unspecified atom stereocenters. The molecule has 2 aromatic rings. The summed E-state index contributed by atoms with van der Waals surface area (Å²) in [6.45, 7) is 3.66. The molecule has 2 aliphatic heterocycles. The molecule has 0 spiro atoms. The molecule has 27 heavy (non-hydrogen) atoms. The molecule has 0 bridgehead atoms. The molecular formula is C21H23ClN4O. The zero-order chi connectivity index (χ0) is 18.8. The summed E-state index contributed by atoms with van der Waals surface area (Å²) in [6, 6.07) is 17.1. The Hall–Kier alpha value is -2.37. The molecule has 1 fully saturated rings. The third-order valence-electron chi connectivity index (χ3n) is 5.12. The number of nitrogens with zero attached hydrogens (tertiary/aromatic N) is 4. The number of aliphatic imine (C=N–C) groups is 1. The summed E-state index contributed by atoms with van der Waals surface area (Å²) < 4.78 is 0. The van der Waals surface area contributed by atoms with E-state index in [1.165, 1.54) is 0 Å². The van der Waals surface area contributed by atoms with E-state index in [-0.39, 0.29) is 5.91 Å². The Morgan fingerprint density at radius 3 is 2.33 bits per heavy atom. The molecule has 2 heterocycles. The molecule has 2 aliphatic rings. The minimum Gasteiger partial charge on any atom is -0.340 e. The maximum atomic E-state index is 13.3. The van der Waals surface area contributed by atoms with Gasteiger partial charge >= 0.3 is 0 Å². The Balaban J connectivity index is 1.64. The molecule has 0 saturated carbocycles. The van der Waals surface area contributed by atoms with Gasteiger partial charge in [0.05, 0.1) is 5.69 Å². The van der Waals surface area contributed by atoms with E-state index in [0.29, 0.717) is 11.4 Å². The van der Waals surface area contributed by atoms with Crippen molar-refractivity contribution in [1.82, 2.24) is 9.80 Å². The second kappa shape index (κ2) is 7.71. The van der Waals surface area contributed by atoms with E-state index >= 15 is 0 Å². The molecule has 5 nitrogen and oxygen atoms in total. The molecule has 1 saturated heterocycles. The topological polar surface area (TPSA) is 39.1 Å². The molecule has 2 aromatic carbocycles. The predicted octanol–water partition coefficient (Wildman–Crippen LogP) is 2.90. The van der Waals surface area contributed by atoms with Gasteiger partial charge in [0.2, 0.25) is 5.96 Å². The predicted molar refractivity (Wildman–Crippen MR) is 109 cm³/mol. The summed E-state index contributed by atoms with van der Waals surface area (Å²) in [4.78, 5) is 24.4. The molecule has 0 N–H and O–H groups in total. The van der Waals surface area contributed by atoms with E-state index in [2.05, 4.69) is 16.8 Å². The van der Waals surface area contributed by atoms with Crippen LogP contribution in [0.2, 0.25) is 5.02 Å². The molecule has 0 radical (unpaired) electrons. The standard InChI is InChI=1S/C21H23ClN4O/c1-24-11-13-25(14-12-24)21-23-19(15-16-5-3-2-4-6-16)20(27)26(21)18-9-7-17(22)8-10-18/h2-10,19H,11-15H2,1H3. The number of hydrogen-bond donors (Lipinski definition) is 0. The van der Waals surface area contributed by atoms with Crippen LogP contribution in [0.3, 0.4) is 0 Å². The highest BCUT2D eigenvalue weighted by Gasteiger charge is 2.38. The molecule has 1 atom stereocenters. The normalized spacial score (nSPS) is 20.9. The van der Waals surface area contributed by atoms with Crippen LogP contribution in [0.1, 0.15) is 5.56 Å². The van der Waals surface area contributed by atoms with E-state index in [9.17, 15) is 4.79 Å². The Kier molecular flexibility index (Phi) is 5.14. The van der Waals surface area contributed by atoms with Gasteiger partial charge in [0, 0.05) is 37.6 Å². The molecule has 0 aromatic heterocycles. The number of anilines is 1. The molecule has 6 heteroatoms. The number of likely N-dealkylation sites (N-methyl/N-ethyl adjacent to an activating group) is 1. The first-order valence-electron chi connectivity index (χ1n) is 9.26. The number of guanidine groups is 1. The summed E-state index contributed by atoms with van der Waals surface area (Å²) in [5.41, 5.74) is 1.94. The van der Waals surface area contributed by atoms with Gasteiger partial charge in [0.15, 0.2) is 0 Å². The fourth-order valence-corrected chi connectivity index (χ4v) is 3.66. The number of piperazine rings is 1. The van der Waals surface area contributed by atoms with Gasteiger partial charge in [0.25, 0.3) is 5.91 Å². The van der Waals surface area contributed by atoms with Crippen molar-refractivity contribution in [2.24, 2.45) is 4.99 Å². The zero-order valence-corrected chi connectivity index (χ0v) is 16.1. The second-order valence-corrected chi connectivity index (χ2v) is 7.51. The third kappa shape index (κ3) is 3.84. The first-order chi connectivity index (χ1) is 13.1. The van der Waals surface area contributed by atoms with Crippen LogP contribution in [0.25, 0.3) is 0 Å². The van der Waals surface area contributed by atoms with Crippen LogP contribution in [-0.2, 0) is 11.2 Å². The molecular weight excluding hydrogens is 360 g/mol. The van der Waals surface area contributed by atoms with Crippen molar-refractivity contribution in [2.75, 3.05) is 38.1 Å². The molecule has 140 valence electrons. The second-order valence-electron chi connectivity index (χ2n) is 7.08. The number of carbonyl (C=O) groups excluding carboxylic acids is 1. The van der Waals surface area contributed by atoms with E-state index in [1.807, 2.05) is 54.6 Å². The van der Waals surface area contributed by atoms with Gasteiger partial charge in [-0.3, -0.25) is 4.79 Å². The lowest BCUT2D eigenvalue weighted by Gasteiger charge is -2.36. The lowest BCUT2D eigenvalue weighted by atomic mass is 10.1. The number of amides is 1. The summed E-state index contributed by atoms with van der Waals surface area (Å²) in [7, 11) is 2.12. The van der Waals surface area contributed by atoms with Crippen LogP contribution >= 0.6 is 11.6 Å². The van der Waals surface area contributed by atoms with Crippen molar-refractivity contribution in [2.45, 2.75) is 12.5 Å². The highest BCUT2D eigenvalue weighted by atomic mass is 35.5. The first-order valence-corrected chi connectivity index (χ1v) is 9.64. The van der Waals surface area contributed by atoms with Crippen LogP contribution in [0.4, 0.5) is 5.69 Å². The van der Waals surface area contributed by atoms with Crippen LogP contribution in [-0.4, -0.2) is 60.9 Å².